The van der Waals surface area contributed by atoms with E-state index in [0.29, 0.717) is 19.6 Å². The van der Waals surface area contributed by atoms with E-state index in [1.54, 1.807) is 0 Å². The normalized spacial score (nSPS) is 21.2. The number of nitrogens with zero attached hydrogens (tertiary/aromatic N) is 1. The summed E-state index contributed by atoms with van der Waals surface area (Å²) in [6.07, 6.45) is 1.42. The third kappa shape index (κ3) is 3.80. The van der Waals surface area contributed by atoms with Gasteiger partial charge in [-0.25, -0.2) is 0 Å². The van der Waals surface area contributed by atoms with Crippen molar-refractivity contribution in [2.24, 2.45) is 11.1 Å². The molecule has 1 fully saturated rings. The van der Waals surface area contributed by atoms with Gasteiger partial charge < -0.3 is 15.4 Å². The first kappa shape index (κ1) is 16.8. The predicted octanol–water partition coefficient (Wildman–Crippen LogP) is 2.58. The molecule has 1 aromatic carbocycles. The van der Waals surface area contributed by atoms with Gasteiger partial charge >= 0.3 is 0 Å². The van der Waals surface area contributed by atoms with Crippen LogP contribution >= 0.6 is 0 Å². The summed E-state index contributed by atoms with van der Waals surface area (Å²) in [6, 6.07) is 4.18. The van der Waals surface area contributed by atoms with Gasteiger partial charge in [0.1, 0.15) is 5.75 Å². The Kier molecular flexibility index (Phi) is 5.12. The van der Waals surface area contributed by atoms with Crippen LogP contribution < -0.4 is 10.5 Å². The molecule has 0 aliphatic carbocycles. The number of aryl methyl sites for hydroxylation is 2. The Labute approximate surface area is 133 Å². The van der Waals surface area contributed by atoms with E-state index in [-0.39, 0.29) is 11.3 Å². The van der Waals surface area contributed by atoms with Crippen LogP contribution in [0.3, 0.4) is 0 Å². The molecule has 1 aliphatic rings. The third-order valence-corrected chi connectivity index (χ3v) is 4.74. The summed E-state index contributed by atoms with van der Waals surface area (Å²) in [5.74, 6) is 1.05. The molecule has 1 unspecified atom stereocenters. The molecule has 1 amide bonds. The number of carbonyl (C=O) groups excluding carboxylic acids is 1. The van der Waals surface area contributed by atoms with Crippen LogP contribution in [0, 0.1) is 26.2 Å². The molecule has 0 bridgehead atoms. The second-order valence-corrected chi connectivity index (χ2v) is 6.88. The Hall–Kier alpha value is -1.55. The Morgan fingerprint density at radius 3 is 2.73 bits per heavy atom. The van der Waals surface area contributed by atoms with Crippen molar-refractivity contribution < 1.29 is 9.53 Å². The average Bonchev–Trinajstić information content (AvgIpc) is 2.87. The van der Waals surface area contributed by atoms with Crippen molar-refractivity contribution in [3.63, 3.8) is 0 Å². The second-order valence-electron chi connectivity index (χ2n) is 6.88. The summed E-state index contributed by atoms with van der Waals surface area (Å²) in [5, 5.41) is 0. The van der Waals surface area contributed by atoms with Crippen LogP contribution in [0.25, 0.3) is 0 Å². The number of hydrogen-bond acceptors (Lipinski definition) is 3. The molecule has 1 saturated heterocycles. The fourth-order valence-electron chi connectivity index (χ4n) is 2.96. The summed E-state index contributed by atoms with van der Waals surface area (Å²) in [4.78, 5) is 14.2. The summed E-state index contributed by atoms with van der Waals surface area (Å²) in [5.41, 5.74) is 9.43. The highest BCUT2D eigenvalue weighted by molar-refractivity contribution is 5.76. The zero-order valence-corrected chi connectivity index (χ0v) is 14.2. The molecule has 0 spiro atoms. The first-order chi connectivity index (χ1) is 10.3. The van der Waals surface area contributed by atoms with Gasteiger partial charge in [-0.15, -0.1) is 0 Å². The standard InChI is InChI=1S/C18H28N2O2/c1-13-9-14(2)15(3)16(10-13)22-8-5-17(21)20-7-6-18(4,11-19)12-20/h9-10H,5-8,11-12,19H2,1-4H3. The summed E-state index contributed by atoms with van der Waals surface area (Å²) in [7, 11) is 0. The minimum absolute atomic E-state index is 0.0841. The van der Waals surface area contributed by atoms with Gasteiger partial charge in [0.2, 0.25) is 5.91 Å². The van der Waals surface area contributed by atoms with E-state index in [1.807, 2.05) is 11.0 Å². The van der Waals surface area contributed by atoms with Crippen molar-refractivity contribution in [3.05, 3.63) is 28.8 Å². The van der Waals surface area contributed by atoms with E-state index in [9.17, 15) is 4.79 Å². The highest BCUT2D eigenvalue weighted by Crippen LogP contribution is 2.29. The SMILES string of the molecule is Cc1cc(C)c(C)c(OCCC(=O)N2CCC(C)(CN)C2)c1. The molecule has 1 aliphatic heterocycles. The molecule has 122 valence electrons. The Balaban J connectivity index is 1.86. The highest BCUT2D eigenvalue weighted by Gasteiger charge is 2.34. The molecule has 4 nitrogen and oxygen atoms in total. The minimum Gasteiger partial charge on any atom is -0.493 e. The van der Waals surface area contributed by atoms with E-state index in [2.05, 4.69) is 33.8 Å². The van der Waals surface area contributed by atoms with Crippen LogP contribution in [0.5, 0.6) is 5.75 Å². The van der Waals surface area contributed by atoms with Crippen molar-refractivity contribution in [1.82, 2.24) is 4.90 Å². The number of carbonyl (C=O) groups is 1. The molecule has 2 N–H and O–H groups in total. The van der Waals surface area contributed by atoms with Gasteiger partial charge in [-0.3, -0.25) is 4.79 Å². The highest BCUT2D eigenvalue weighted by atomic mass is 16.5. The maximum Gasteiger partial charge on any atom is 0.226 e. The van der Waals surface area contributed by atoms with Gasteiger partial charge in [-0.1, -0.05) is 13.0 Å². The fraction of sp³-hybridized carbons (Fsp3) is 0.611. The van der Waals surface area contributed by atoms with Crippen LogP contribution in [0.2, 0.25) is 0 Å². The quantitative estimate of drug-likeness (QED) is 0.909. The van der Waals surface area contributed by atoms with Gasteiger partial charge in [0.25, 0.3) is 0 Å². The predicted molar refractivity (Wildman–Crippen MR) is 89.1 cm³/mol. The monoisotopic (exact) mass is 304 g/mol. The Morgan fingerprint density at radius 2 is 2.09 bits per heavy atom. The van der Waals surface area contributed by atoms with Crippen LogP contribution in [0.15, 0.2) is 12.1 Å². The number of benzene rings is 1. The number of amides is 1. The zero-order chi connectivity index (χ0) is 16.3. The summed E-state index contributed by atoms with van der Waals surface area (Å²) >= 11 is 0. The second kappa shape index (κ2) is 6.69. The van der Waals surface area contributed by atoms with Crippen molar-refractivity contribution >= 4 is 5.91 Å². The Bertz CT molecular complexity index is 556. The van der Waals surface area contributed by atoms with Crippen molar-refractivity contribution in [3.8, 4) is 5.75 Å². The smallest absolute Gasteiger partial charge is 0.226 e. The topological polar surface area (TPSA) is 55.6 Å². The molecule has 2 rings (SSSR count). The lowest BCUT2D eigenvalue weighted by molar-refractivity contribution is -0.131. The van der Waals surface area contributed by atoms with E-state index in [0.717, 1.165) is 30.8 Å². The van der Waals surface area contributed by atoms with Crippen LogP contribution in [0.1, 0.15) is 36.5 Å². The van der Waals surface area contributed by atoms with Gasteiger partial charge in [0.05, 0.1) is 13.0 Å². The van der Waals surface area contributed by atoms with Crippen molar-refractivity contribution in [1.29, 1.82) is 0 Å². The summed E-state index contributed by atoms with van der Waals surface area (Å²) in [6.45, 7) is 11.0. The lowest BCUT2D eigenvalue weighted by Gasteiger charge is -2.22. The molecule has 1 atom stereocenters. The fourth-order valence-corrected chi connectivity index (χ4v) is 2.96. The number of nitrogens with two attached hydrogens (primary N) is 1. The number of ether oxygens (including phenoxy) is 1. The number of hydrogen-bond donors (Lipinski definition) is 1. The third-order valence-electron chi connectivity index (χ3n) is 4.74. The molecule has 4 heteroatoms. The molecule has 1 aromatic rings. The van der Waals surface area contributed by atoms with Gasteiger partial charge in [0, 0.05) is 13.1 Å². The first-order valence-electron chi connectivity index (χ1n) is 8.03. The van der Waals surface area contributed by atoms with E-state index < -0.39 is 0 Å². The molecular formula is C18H28N2O2. The van der Waals surface area contributed by atoms with Gasteiger partial charge in [0.15, 0.2) is 0 Å². The molecule has 0 saturated carbocycles. The van der Waals surface area contributed by atoms with Gasteiger partial charge in [-0.05, 0) is 61.9 Å². The lowest BCUT2D eigenvalue weighted by Crippen LogP contribution is -2.35. The zero-order valence-electron chi connectivity index (χ0n) is 14.2. The van der Waals surface area contributed by atoms with E-state index in [1.165, 1.54) is 11.1 Å². The van der Waals surface area contributed by atoms with Crippen LogP contribution in [0.4, 0.5) is 0 Å². The molecule has 1 heterocycles. The number of likely N-dealkylation sites (tertiary alicyclic amines) is 1. The van der Waals surface area contributed by atoms with Crippen LogP contribution in [-0.4, -0.2) is 37.0 Å². The molecular weight excluding hydrogens is 276 g/mol. The first-order valence-corrected chi connectivity index (χ1v) is 8.03. The summed E-state index contributed by atoms with van der Waals surface area (Å²) < 4.78 is 5.83. The molecule has 0 aromatic heterocycles. The van der Waals surface area contributed by atoms with Crippen molar-refractivity contribution in [2.75, 3.05) is 26.2 Å². The van der Waals surface area contributed by atoms with E-state index in [4.69, 9.17) is 10.5 Å². The maximum atomic E-state index is 12.3. The van der Waals surface area contributed by atoms with Gasteiger partial charge in [-0.2, -0.15) is 0 Å². The van der Waals surface area contributed by atoms with Crippen LogP contribution in [-0.2, 0) is 4.79 Å². The molecule has 0 radical (unpaired) electrons. The van der Waals surface area contributed by atoms with Crippen molar-refractivity contribution in [2.45, 2.75) is 40.5 Å². The van der Waals surface area contributed by atoms with E-state index >= 15 is 0 Å². The maximum absolute atomic E-state index is 12.3. The molecule has 22 heavy (non-hydrogen) atoms. The number of rotatable bonds is 5. The lowest BCUT2D eigenvalue weighted by atomic mass is 9.90. The largest absolute Gasteiger partial charge is 0.493 e. The minimum atomic E-state index is 0.0841. The average molecular weight is 304 g/mol. The Morgan fingerprint density at radius 1 is 1.36 bits per heavy atom.